The van der Waals surface area contributed by atoms with Gasteiger partial charge in [-0.1, -0.05) is 61.0 Å². The number of amides is 3. The van der Waals surface area contributed by atoms with Gasteiger partial charge in [0.1, 0.15) is 11.6 Å². The Bertz CT molecular complexity index is 1180. The molecule has 1 saturated carbocycles. The number of anilines is 1. The maximum Gasteiger partial charge on any atom is 0.246 e. The highest BCUT2D eigenvalue weighted by atomic mass is 35.5. The van der Waals surface area contributed by atoms with Crippen molar-refractivity contribution >= 4 is 46.6 Å². The smallest absolute Gasteiger partial charge is 0.246 e. The van der Waals surface area contributed by atoms with Gasteiger partial charge in [0.2, 0.25) is 17.7 Å². The number of hydrogen-bond acceptors (Lipinski definition) is 5. The number of carbonyl (C=O) groups is 3. The van der Waals surface area contributed by atoms with Gasteiger partial charge in [0, 0.05) is 18.3 Å². The molecule has 5 unspecified atom stereocenters. The van der Waals surface area contributed by atoms with Gasteiger partial charge in [0.15, 0.2) is 0 Å². The van der Waals surface area contributed by atoms with Gasteiger partial charge in [-0.2, -0.15) is 0 Å². The lowest BCUT2D eigenvalue weighted by Crippen LogP contribution is -2.56. The monoisotopic (exact) mass is 588 g/mol. The van der Waals surface area contributed by atoms with Crippen LogP contribution in [0.2, 0.25) is 10.0 Å². The van der Waals surface area contributed by atoms with Crippen molar-refractivity contribution in [3.8, 4) is 0 Å². The van der Waals surface area contributed by atoms with E-state index in [2.05, 4.69) is 15.5 Å². The molecule has 6 rings (SSSR count). The summed E-state index contributed by atoms with van der Waals surface area (Å²) in [6.45, 7) is 3.51. The van der Waals surface area contributed by atoms with Crippen LogP contribution >= 0.6 is 23.2 Å². The fraction of sp³-hybridized carbons (Fsp3) is 0.633. The van der Waals surface area contributed by atoms with E-state index >= 15 is 0 Å². The number of rotatable bonds is 8. The van der Waals surface area contributed by atoms with Gasteiger partial charge in [0.05, 0.1) is 28.0 Å². The highest BCUT2D eigenvalue weighted by Gasteiger charge is 2.72. The quantitative estimate of drug-likeness (QED) is 0.439. The summed E-state index contributed by atoms with van der Waals surface area (Å²) in [6, 6.07) is 4.20. The summed E-state index contributed by atoms with van der Waals surface area (Å²) in [4.78, 5) is 45.8. The minimum absolute atomic E-state index is 0.110. The first kappa shape index (κ1) is 28.0. The van der Waals surface area contributed by atoms with Crippen molar-refractivity contribution in [2.45, 2.75) is 81.6 Å². The number of fused-ring (bicyclic) bond motifs is 1. The Morgan fingerprint density at radius 3 is 2.48 bits per heavy atom. The molecule has 5 aliphatic rings. The Hall–Kier alpha value is -2.13. The summed E-state index contributed by atoms with van der Waals surface area (Å²) < 4.78 is 6.47. The van der Waals surface area contributed by atoms with Crippen LogP contribution in [0.5, 0.6) is 0 Å². The molecule has 0 radical (unpaired) electrons. The van der Waals surface area contributed by atoms with E-state index in [0.29, 0.717) is 22.3 Å². The number of halogens is 2. The van der Waals surface area contributed by atoms with Crippen LogP contribution < -0.4 is 10.6 Å². The highest BCUT2D eigenvalue weighted by molar-refractivity contribution is 6.42. The topological polar surface area (TPSA) is 91.0 Å². The molecule has 1 aromatic carbocycles. The van der Waals surface area contributed by atoms with Gasteiger partial charge in [-0.15, -0.1) is 0 Å². The minimum atomic E-state index is -1.15. The maximum absolute atomic E-state index is 14.1. The molecule has 5 atom stereocenters. The van der Waals surface area contributed by atoms with Crippen LogP contribution in [0.25, 0.3) is 0 Å². The number of likely N-dealkylation sites (tertiary alicyclic amines) is 2. The predicted octanol–water partition coefficient (Wildman–Crippen LogP) is 4.41. The van der Waals surface area contributed by atoms with E-state index < -0.39 is 29.6 Å². The molecule has 1 spiro atoms. The number of piperidine rings is 1. The highest BCUT2D eigenvalue weighted by Crippen LogP contribution is 2.55. The van der Waals surface area contributed by atoms with E-state index in [0.717, 1.165) is 51.7 Å². The third-order valence-corrected chi connectivity index (χ3v) is 10.1. The summed E-state index contributed by atoms with van der Waals surface area (Å²) in [5.41, 5.74) is -0.652. The van der Waals surface area contributed by atoms with Crippen LogP contribution in [0, 0.1) is 11.8 Å². The Kier molecular flexibility index (Phi) is 8.14. The van der Waals surface area contributed by atoms with Crippen molar-refractivity contribution in [1.29, 1.82) is 0 Å². The Morgan fingerprint density at radius 2 is 1.73 bits per heavy atom. The van der Waals surface area contributed by atoms with Crippen molar-refractivity contribution in [1.82, 2.24) is 15.1 Å². The molecular weight excluding hydrogens is 551 g/mol. The normalized spacial score (nSPS) is 31.9. The summed E-state index contributed by atoms with van der Waals surface area (Å²) in [5.74, 6) is -2.18. The van der Waals surface area contributed by atoms with E-state index in [1.807, 2.05) is 12.2 Å². The van der Waals surface area contributed by atoms with Crippen molar-refractivity contribution in [3.05, 3.63) is 40.4 Å². The van der Waals surface area contributed by atoms with Gasteiger partial charge in [-0.25, -0.2) is 0 Å². The molecule has 2 N–H and O–H groups in total. The lowest BCUT2D eigenvalue weighted by molar-refractivity contribution is -0.141. The average molecular weight is 590 g/mol. The molecule has 10 heteroatoms. The van der Waals surface area contributed by atoms with Crippen LogP contribution in [0.3, 0.4) is 0 Å². The van der Waals surface area contributed by atoms with Crippen molar-refractivity contribution in [2.75, 3.05) is 31.5 Å². The van der Waals surface area contributed by atoms with Gasteiger partial charge < -0.3 is 25.2 Å². The molecule has 0 aromatic heterocycles. The number of benzene rings is 1. The Balaban J connectivity index is 1.24. The van der Waals surface area contributed by atoms with E-state index in [1.165, 1.54) is 25.7 Å². The Labute approximate surface area is 245 Å². The summed E-state index contributed by atoms with van der Waals surface area (Å²) in [6.07, 6.45) is 12.9. The molecule has 2 bridgehead atoms. The SMILES string of the molecule is O=C(Nc1ccc(Cl)c(Cl)c1)C1C2C=CC3(O2)C1C(=O)N(CCCN1CCCCC1)C3C(=O)NC1CCCCC1. The number of nitrogens with zero attached hydrogens (tertiary/aromatic N) is 2. The van der Waals surface area contributed by atoms with E-state index in [9.17, 15) is 14.4 Å². The first-order chi connectivity index (χ1) is 19.4. The molecule has 4 aliphatic heterocycles. The number of carbonyl (C=O) groups excluding carboxylic acids is 3. The zero-order valence-corrected chi connectivity index (χ0v) is 24.3. The number of hydrogen-bond donors (Lipinski definition) is 2. The van der Waals surface area contributed by atoms with Gasteiger partial charge in [-0.05, 0) is 69.9 Å². The van der Waals surface area contributed by atoms with Crippen molar-refractivity contribution in [3.63, 3.8) is 0 Å². The summed E-state index contributed by atoms with van der Waals surface area (Å²) in [7, 11) is 0. The Morgan fingerprint density at radius 1 is 0.975 bits per heavy atom. The first-order valence-electron chi connectivity index (χ1n) is 14.8. The molecule has 4 heterocycles. The first-order valence-corrected chi connectivity index (χ1v) is 15.6. The third kappa shape index (κ3) is 5.17. The summed E-state index contributed by atoms with van der Waals surface area (Å²) in [5, 5.41) is 6.88. The fourth-order valence-electron chi connectivity index (χ4n) is 7.48. The molecule has 3 amide bonds. The van der Waals surface area contributed by atoms with Crippen LogP contribution in [-0.4, -0.2) is 77.5 Å². The molecule has 8 nitrogen and oxygen atoms in total. The van der Waals surface area contributed by atoms with Crippen LogP contribution in [0.15, 0.2) is 30.4 Å². The zero-order valence-electron chi connectivity index (χ0n) is 22.7. The van der Waals surface area contributed by atoms with E-state index in [4.69, 9.17) is 27.9 Å². The van der Waals surface area contributed by atoms with E-state index in [-0.39, 0.29) is 23.8 Å². The largest absolute Gasteiger partial charge is 0.359 e. The number of nitrogens with one attached hydrogen (secondary N) is 2. The third-order valence-electron chi connectivity index (χ3n) is 9.39. The van der Waals surface area contributed by atoms with Crippen LogP contribution in [-0.2, 0) is 19.1 Å². The molecular formula is C30H38Cl2N4O4. The molecule has 1 aromatic rings. The fourth-order valence-corrected chi connectivity index (χ4v) is 7.78. The minimum Gasteiger partial charge on any atom is -0.359 e. The van der Waals surface area contributed by atoms with Crippen LogP contribution in [0.1, 0.15) is 57.8 Å². The standard InChI is InChI=1S/C30H38Cl2N4O4/c31-21-11-10-20(18-22(21)32)34-27(37)24-23-12-13-30(40-23)25(24)29(39)36(17-7-16-35-14-5-2-6-15-35)26(30)28(38)33-19-8-3-1-4-9-19/h10-13,18-19,23-26H,1-9,14-17H2,(H,33,38)(H,34,37). The lowest BCUT2D eigenvalue weighted by Gasteiger charge is -2.34. The van der Waals surface area contributed by atoms with Gasteiger partial charge >= 0.3 is 0 Å². The van der Waals surface area contributed by atoms with Crippen LogP contribution in [0.4, 0.5) is 5.69 Å². The molecule has 40 heavy (non-hydrogen) atoms. The van der Waals surface area contributed by atoms with Crippen molar-refractivity contribution < 1.29 is 19.1 Å². The van der Waals surface area contributed by atoms with Gasteiger partial charge in [-0.3, -0.25) is 14.4 Å². The lowest BCUT2D eigenvalue weighted by atomic mass is 9.74. The predicted molar refractivity (Wildman–Crippen MR) is 154 cm³/mol. The maximum atomic E-state index is 14.1. The van der Waals surface area contributed by atoms with Gasteiger partial charge in [0.25, 0.3) is 0 Å². The molecule has 4 fully saturated rings. The molecule has 216 valence electrons. The number of ether oxygens (including phenoxy) is 1. The van der Waals surface area contributed by atoms with Crippen molar-refractivity contribution in [2.24, 2.45) is 11.8 Å². The van der Waals surface area contributed by atoms with E-state index in [1.54, 1.807) is 23.1 Å². The molecule has 1 aliphatic carbocycles. The average Bonchev–Trinajstić information content (AvgIpc) is 3.59. The molecule has 3 saturated heterocycles. The summed E-state index contributed by atoms with van der Waals surface area (Å²) >= 11 is 12.2. The zero-order chi connectivity index (χ0) is 27.9. The second-order valence-electron chi connectivity index (χ2n) is 12.0. The second-order valence-corrected chi connectivity index (χ2v) is 12.8. The second kappa shape index (κ2) is 11.6.